The lowest BCUT2D eigenvalue weighted by molar-refractivity contribution is -0.0870. The number of rotatable bonds is 1. The molecule has 0 bridgehead atoms. The summed E-state index contributed by atoms with van der Waals surface area (Å²) in [5, 5.41) is 2.64. The Morgan fingerprint density at radius 2 is 1.90 bits per heavy atom. The molecule has 1 atom stereocenters. The van der Waals surface area contributed by atoms with Crippen LogP contribution >= 0.6 is 23.2 Å². The molecule has 0 aromatic heterocycles. The van der Waals surface area contributed by atoms with Crippen LogP contribution in [0.4, 0.5) is 13.2 Å². The van der Waals surface area contributed by atoms with Crippen molar-refractivity contribution in [2.75, 3.05) is 0 Å². The van der Waals surface area contributed by atoms with Crippen molar-refractivity contribution in [2.24, 2.45) is 16.5 Å². The summed E-state index contributed by atoms with van der Waals surface area (Å²) in [5.74, 6) is -2.43. The predicted octanol–water partition coefficient (Wildman–Crippen LogP) is 2.47. The zero-order chi connectivity index (χ0) is 15.1. The minimum absolute atomic E-state index is 0.0876. The van der Waals surface area contributed by atoms with E-state index < -0.39 is 23.4 Å². The summed E-state index contributed by atoms with van der Waals surface area (Å²) in [7, 11) is 0. The third-order valence-electron chi connectivity index (χ3n) is 2.68. The molecule has 0 amide bonds. The Hall–Kier alpha value is -1.44. The molecule has 1 aromatic carbocycles. The van der Waals surface area contributed by atoms with Gasteiger partial charge in [-0.3, -0.25) is 5.73 Å². The first kappa shape index (κ1) is 15.0. The zero-order valence-corrected chi connectivity index (χ0v) is 11.3. The Bertz CT molecular complexity index is 612. The van der Waals surface area contributed by atoms with Gasteiger partial charge >= 0.3 is 6.18 Å². The maximum absolute atomic E-state index is 12.6. The van der Waals surface area contributed by atoms with Crippen molar-refractivity contribution in [3.05, 3.63) is 45.6 Å². The van der Waals surface area contributed by atoms with Gasteiger partial charge in [0.2, 0.25) is 5.79 Å². The van der Waals surface area contributed by atoms with E-state index in [2.05, 4.69) is 10.3 Å². The summed E-state index contributed by atoms with van der Waals surface area (Å²) in [6.45, 7) is 0. The average Bonchev–Trinajstić information content (AvgIpc) is 2.30. The highest BCUT2D eigenvalue weighted by Crippen LogP contribution is 2.35. The summed E-state index contributed by atoms with van der Waals surface area (Å²) < 4.78 is 37.9. The van der Waals surface area contributed by atoms with Crippen LogP contribution in [0.5, 0.6) is 0 Å². The first-order chi connectivity index (χ1) is 9.15. The Morgan fingerprint density at radius 3 is 2.45 bits per heavy atom. The number of benzene rings is 1. The fourth-order valence-corrected chi connectivity index (χ4v) is 2.15. The van der Waals surface area contributed by atoms with E-state index in [-0.39, 0.29) is 15.6 Å². The lowest BCUT2D eigenvalue weighted by Crippen LogP contribution is -2.52. The summed E-state index contributed by atoms with van der Waals surface area (Å²) >= 11 is 11.8. The second-order valence-corrected chi connectivity index (χ2v) is 4.85. The second-order valence-electron chi connectivity index (χ2n) is 4.06. The molecular formula is C11H9Cl2F3N4. The molecule has 108 valence electrons. The predicted molar refractivity (Wildman–Crippen MR) is 71.2 cm³/mol. The Labute approximate surface area is 122 Å². The smallest absolute Gasteiger partial charge is 0.383 e. The summed E-state index contributed by atoms with van der Waals surface area (Å²) in [4.78, 5) is 3.66. The van der Waals surface area contributed by atoms with Gasteiger partial charge in [-0.05, 0) is 6.07 Å². The van der Waals surface area contributed by atoms with Crippen LogP contribution in [0.1, 0.15) is 5.56 Å². The lowest BCUT2D eigenvalue weighted by Gasteiger charge is -2.32. The van der Waals surface area contributed by atoms with E-state index in [1.165, 1.54) is 12.1 Å². The molecule has 1 aliphatic heterocycles. The van der Waals surface area contributed by atoms with Gasteiger partial charge in [-0.1, -0.05) is 35.3 Å². The van der Waals surface area contributed by atoms with Crippen molar-refractivity contribution < 1.29 is 13.2 Å². The van der Waals surface area contributed by atoms with E-state index in [1.807, 2.05) is 0 Å². The van der Waals surface area contributed by atoms with Gasteiger partial charge in [-0.25, -0.2) is 4.99 Å². The number of hydrogen-bond donors (Lipinski definition) is 3. The number of amidine groups is 1. The first-order valence-electron chi connectivity index (χ1n) is 5.29. The molecule has 1 heterocycles. The molecule has 1 aromatic rings. The molecule has 1 aliphatic rings. The van der Waals surface area contributed by atoms with Crippen LogP contribution in [-0.2, 0) is 5.79 Å². The van der Waals surface area contributed by atoms with E-state index in [0.29, 0.717) is 6.20 Å². The van der Waals surface area contributed by atoms with E-state index in [9.17, 15) is 13.2 Å². The molecule has 0 saturated carbocycles. The van der Waals surface area contributed by atoms with Crippen molar-refractivity contribution in [1.29, 1.82) is 0 Å². The summed E-state index contributed by atoms with van der Waals surface area (Å²) in [5.41, 5.74) is 10.4. The van der Waals surface area contributed by atoms with Gasteiger partial charge in [-0.2, -0.15) is 13.2 Å². The molecule has 5 N–H and O–H groups in total. The van der Waals surface area contributed by atoms with Crippen LogP contribution in [-0.4, -0.2) is 12.0 Å². The van der Waals surface area contributed by atoms with Crippen molar-refractivity contribution in [1.82, 2.24) is 5.32 Å². The number of aliphatic imine (C=N–C) groups is 1. The normalized spacial score (nSPS) is 22.9. The van der Waals surface area contributed by atoms with Crippen molar-refractivity contribution in [3.63, 3.8) is 0 Å². The van der Waals surface area contributed by atoms with Crippen LogP contribution in [0.15, 0.2) is 35.0 Å². The van der Waals surface area contributed by atoms with Crippen molar-refractivity contribution in [3.8, 4) is 0 Å². The molecule has 1 unspecified atom stereocenters. The van der Waals surface area contributed by atoms with Crippen LogP contribution in [0.2, 0.25) is 10.0 Å². The maximum atomic E-state index is 12.6. The number of nitrogens with two attached hydrogens (primary N) is 2. The topological polar surface area (TPSA) is 76.4 Å². The third kappa shape index (κ3) is 2.56. The highest BCUT2D eigenvalue weighted by atomic mass is 35.5. The zero-order valence-electron chi connectivity index (χ0n) is 9.80. The summed E-state index contributed by atoms with van der Waals surface area (Å²) in [6, 6.07) is 4.56. The van der Waals surface area contributed by atoms with Gasteiger partial charge in [0.25, 0.3) is 0 Å². The SMILES string of the molecule is NC1=NC(N)(c2cccc(Cl)c2Cl)NC=C1C(F)(F)F. The molecule has 9 heteroatoms. The average molecular weight is 325 g/mol. The summed E-state index contributed by atoms with van der Waals surface area (Å²) in [6.07, 6.45) is -3.96. The third-order valence-corrected chi connectivity index (χ3v) is 3.50. The highest BCUT2D eigenvalue weighted by molar-refractivity contribution is 6.42. The van der Waals surface area contributed by atoms with Crippen LogP contribution in [0.3, 0.4) is 0 Å². The number of nitrogens with zero attached hydrogens (tertiary/aromatic N) is 1. The van der Waals surface area contributed by atoms with E-state index in [0.717, 1.165) is 0 Å². The monoisotopic (exact) mass is 324 g/mol. The molecule has 20 heavy (non-hydrogen) atoms. The minimum atomic E-state index is -4.62. The molecule has 2 rings (SSSR count). The Kier molecular flexibility index (Phi) is 3.62. The molecule has 0 fully saturated rings. The quantitative estimate of drug-likeness (QED) is 0.742. The fourth-order valence-electron chi connectivity index (χ4n) is 1.70. The van der Waals surface area contributed by atoms with Gasteiger partial charge < -0.3 is 11.1 Å². The Morgan fingerprint density at radius 1 is 1.25 bits per heavy atom. The fraction of sp³-hybridized carbons (Fsp3) is 0.182. The lowest BCUT2D eigenvalue weighted by atomic mass is 10.1. The molecule has 0 aliphatic carbocycles. The molecular weight excluding hydrogens is 316 g/mol. The van der Waals surface area contributed by atoms with Crippen LogP contribution in [0.25, 0.3) is 0 Å². The van der Waals surface area contributed by atoms with Crippen molar-refractivity contribution in [2.45, 2.75) is 12.0 Å². The number of alkyl halides is 3. The van der Waals surface area contributed by atoms with Crippen LogP contribution in [0, 0.1) is 0 Å². The number of halogens is 5. The number of hydrogen-bond acceptors (Lipinski definition) is 4. The van der Waals surface area contributed by atoms with Crippen molar-refractivity contribution >= 4 is 29.0 Å². The van der Waals surface area contributed by atoms with E-state index in [4.69, 9.17) is 34.7 Å². The van der Waals surface area contributed by atoms with E-state index in [1.54, 1.807) is 6.07 Å². The van der Waals surface area contributed by atoms with Gasteiger partial charge in [0, 0.05) is 11.8 Å². The van der Waals surface area contributed by atoms with Gasteiger partial charge in [-0.15, -0.1) is 0 Å². The maximum Gasteiger partial charge on any atom is 0.421 e. The van der Waals surface area contributed by atoms with Gasteiger partial charge in [0.05, 0.1) is 10.0 Å². The first-order valence-corrected chi connectivity index (χ1v) is 6.05. The highest BCUT2D eigenvalue weighted by Gasteiger charge is 2.41. The van der Waals surface area contributed by atoms with Crippen LogP contribution < -0.4 is 16.8 Å². The molecule has 0 radical (unpaired) electrons. The minimum Gasteiger partial charge on any atom is -0.383 e. The number of nitrogens with one attached hydrogen (secondary N) is 1. The largest absolute Gasteiger partial charge is 0.421 e. The standard InChI is InChI=1S/C11H9Cl2F3N4/c12-7-3-1-2-5(8(7)13)11(18)19-4-6(9(17)20-11)10(14,15)16/h1-4,19H,18H2,(H2,17,20). The molecule has 4 nitrogen and oxygen atoms in total. The van der Waals surface area contributed by atoms with Gasteiger partial charge in [0.15, 0.2) is 0 Å². The van der Waals surface area contributed by atoms with E-state index >= 15 is 0 Å². The van der Waals surface area contributed by atoms with Gasteiger partial charge in [0.1, 0.15) is 11.4 Å². The second kappa shape index (κ2) is 4.83. The molecule has 0 saturated heterocycles. The molecule has 0 spiro atoms. The Balaban J connectivity index is 2.46.